The Morgan fingerprint density at radius 3 is 0.877 bits per heavy atom. The Morgan fingerprint density at radius 1 is 0.316 bits per heavy atom. The summed E-state index contributed by atoms with van der Waals surface area (Å²) in [4.78, 5) is 0. The third-order valence-corrected chi connectivity index (χ3v) is 9.16. The van der Waals surface area contributed by atoms with Crippen LogP contribution in [-0.4, -0.2) is 106 Å². The highest BCUT2D eigenvalue weighted by Crippen LogP contribution is 2.33. The molecule has 4 aromatic rings. The summed E-state index contributed by atoms with van der Waals surface area (Å²) in [5, 5.41) is 0. The monoisotopic (exact) mass is 788 g/mol. The molecule has 0 aliphatic rings. The Morgan fingerprint density at radius 2 is 0.579 bits per heavy atom. The maximum absolute atomic E-state index is 5.89. The average molecular weight is 789 g/mol. The van der Waals surface area contributed by atoms with Gasteiger partial charge in [-0.05, 0) is 60.4 Å². The SMILES string of the molecule is Cc1ccc(COCCOCCOCCOCCOc2ccc(C(C)(C)c3ccc(OCCOCCOCCOCCOCc4ccc(C)cc4)cc3)cc2)cc1. The minimum Gasteiger partial charge on any atom is -0.491 e. The summed E-state index contributed by atoms with van der Waals surface area (Å²) in [5.41, 5.74) is 7.03. The summed E-state index contributed by atoms with van der Waals surface area (Å²) in [5.74, 6) is 1.62. The summed E-state index contributed by atoms with van der Waals surface area (Å²) in [7, 11) is 0. The van der Waals surface area contributed by atoms with Gasteiger partial charge >= 0.3 is 0 Å². The highest BCUT2D eigenvalue weighted by Gasteiger charge is 2.23. The average Bonchev–Trinajstić information content (AvgIpc) is 3.22. The summed E-state index contributed by atoms with van der Waals surface area (Å²) in [6.07, 6.45) is 0. The van der Waals surface area contributed by atoms with E-state index in [1.807, 2.05) is 24.3 Å². The van der Waals surface area contributed by atoms with Gasteiger partial charge in [-0.3, -0.25) is 0 Å². The molecule has 0 bridgehead atoms. The molecule has 57 heavy (non-hydrogen) atoms. The van der Waals surface area contributed by atoms with E-state index in [1.165, 1.54) is 33.4 Å². The van der Waals surface area contributed by atoms with Crippen LogP contribution in [0.3, 0.4) is 0 Å². The van der Waals surface area contributed by atoms with Crippen molar-refractivity contribution in [2.75, 3.05) is 106 Å². The summed E-state index contributed by atoms with van der Waals surface area (Å²) in [6.45, 7) is 18.1. The number of hydrogen-bond donors (Lipinski definition) is 0. The van der Waals surface area contributed by atoms with Crippen LogP contribution < -0.4 is 9.47 Å². The minimum atomic E-state index is -0.190. The highest BCUT2D eigenvalue weighted by atomic mass is 16.6. The van der Waals surface area contributed by atoms with E-state index >= 15 is 0 Å². The van der Waals surface area contributed by atoms with E-state index in [4.69, 9.17) is 47.4 Å². The number of aryl methyl sites for hydroxylation is 2. The van der Waals surface area contributed by atoms with Crippen LogP contribution in [0.25, 0.3) is 0 Å². The molecule has 10 nitrogen and oxygen atoms in total. The van der Waals surface area contributed by atoms with Crippen LogP contribution in [0.5, 0.6) is 11.5 Å². The Hall–Kier alpha value is -3.84. The predicted molar refractivity (Wildman–Crippen MR) is 223 cm³/mol. The van der Waals surface area contributed by atoms with Crippen molar-refractivity contribution in [3.8, 4) is 11.5 Å². The fraction of sp³-hybridized carbons (Fsp3) is 0.489. The lowest BCUT2D eigenvalue weighted by atomic mass is 9.78. The third kappa shape index (κ3) is 19.4. The molecule has 10 heteroatoms. The molecule has 4 rings (SSSR count). The zero-order chi connectivity index (χ0) is 40.2. The Balaban J connectivity index is 0.937. The normalized spacial score (nSPS) is 11.6. The fourth-order valence-electron chi connectivity index (χ4n) is 5.61. The maximum Gasteiger partial charge on any atom is 0.119 e. The number of ether oxygens (including phenoxy) is 10. The minimum absolute atomic E-state index is 0.190. The number of hydrogen-bond acceptors (Lipinski definition) is 10. The van der Waals surface area contributed by atoms with Gasteiger partial charge in [0.2, 0.25) is 0 Å². The van der Waals surface area contributed by atoms with Crippen LogP contribution in [0.1, 0.15) is 47.2 Å². The van der Waals surface area contributed by atoms with Crippen LogP contribution in [0, 0.1) is 13.8 Å². The van der Waals surface area contributed by atoms with E-state index in [9.17, 15) is 0 Å². The van der Waals surface area contributed by atoms with Crippen molar-refractivity contribution in [1.82, 2.24) is 0 Å². The van der Waals surface area contributed by atoms with E-state index in [2.05, 4.69) is 100 Å². The van der Waals surface area contributed by atoms with Gasteiger partial charge in [0.25, 0.3) is 0 Å². The Bertz CT molecular complexity index is 1460. The first kappa shape index (κ1) is 45.9. The summed E-state index contributed by atoms with van der Waals surface area (Å²) in [6, 6.07) is 33.2. The largest absolute Gasteiger partial charge is 0.491 e. The molecular formula is C47H64O10. The van der Waals surface area contributed by atoms with Crippen LogP contribution in [0.4, 0.5) is 0 Å². The lowest BCUT2D eigenvalue weighted by molar-refractivity contribution is -0.00660. The second kappa shape index (κ2) is 27.7. The van der Waals surface area contributed by atoms with Gasteiger partial charge in [-0.25, -0.2) is 0 Å². The second-order valence-corrected chi connectivity index (χ2v) is 14.1. The topological polar surface area (TPSA) is 92.3 Å². The van der Waals surface area contributed by atoms with Crippen LogP contribution >= 0.6 is 0 Å². The third-order valence-electron chi connectivity index (χ3n) is 9.16. The molecule has 0 amide bonds. The van der Waals surface area contributed by atoms with Gasteiger partial charge in [0, 0.05) is 5.41 Å². The zero-order valence-electron chi connectivity index (χ0n) is 34.5. The van der Waals surface area contributed by atoms with Gasteiger partial charge in [-0.1, -0.05) is 97.8 Å². The van der Waals surface area contributed by atoms with Gasteiger partial charge in [0.1, 0.15) is 24.7 Å². The summed E-state index contributed by atoms with van der Waals surface area (Å²) < 4.78 is 56.7. The first-order valence-corrected chi connectivity index (χ1v) is 20.1. The zero-order valence-corrected chi connectivity index (χ0v) is 34.5. The van der Waals surface area contributed by atoms with Crippen molar-refractivity contribution in [3.63, 3.8) is 0 Å². The molecule has 0 saturated heterocycles. The first-order chi connectivity index (χ1) is 27.9. The molecule has 0 unspecified atom stereocenters. The van der Waals surface area contributed by atoms with E-state index in [0.29, 0.717) is 119 Å². The van der Waals surface area contributed by atoms with Crippen molar-refractivity contribution in [3.05, 3.63) is 130 Å². The molecule has 0 saturated carbocycles. The van der Waals surface area contributed by atoms with Gasteiger partial charge in [0.15, 0.2) is 0 Å². The van der Waals surface area contributed by atoms with Crippen molar-refractivity contribution in [2.45, 2.75) is 46.3 Å². The fourth-order valence-corrected chi connectivity index (χ4v) is 5.61. The molecule has 0 aliphatic heterocycles. The number of rotatable bonds is 32. The predicted octanol–water partition coefficient (Wildman–Crippen LogP) is 7.92. The molecule has 0 aliphatic carbocycles. The first-order valence-electron chi connectivity index (χ1n) is 20.1. The molecule has 312 valence electrons. The molecule has 0 N–H and O–H groups in total. The Kier molecular flexibility index (Phi) is 22.3. The van der Waals surface area contributed by atoms with Crippen molar-refractivity contribution >= 4 is 0 Å². The number of benzene rings is 4. The van der Waals surface area contributed by atoms with Crippen molar-refractivity contribution in [1.29, 1.82) is 0 Å². The summed E-state index contributed by atoms with van der Waals surface area (Å²) >= 11 is 0. The molecule has 4 aromatic carbocycles. The van der Waals surface area contributed by atoms with E-state index in [-0.39, 0.29) is 5.41 Å². The van der Waals surface area contributed by atoms with Gasteiger partial charge in [-0.2, -0.15) is 0 Å². The molecule has 0 aromatic heterocycles. The van der Waals surface area contributed by atoms with E-state index < -0.39 is 0 Å². The maximum atomic E-state index is 5.89. The van der Waals surface area contributed by atoms with Crippen molar-refractivity contribution < 1.29 is 47.4 Å². The van der Waals surface area contributed by atoms with E-state index in [1.54, 1.807) is 0 Å². The lowest BCUT2D eigenvalue weighted by Gasteiger charge is -2.26. The molecular weight excluding hydrogens is 725 g/mol. The standard InChI is InChI=1S/C47H64O10/c1-39-5-9-41(10-6-39)37-54-31-29-50-23-21-48-25-27-52-33-35-56-45-17-13-43(14-18-45)47(3,4)44-15-19-46(20-16-44)57-36-34-53-28-26-49-22-24-51-30-32-55-38-42-11-7-40(2)8-12-42/h5-20H,21-38H2,1-4H3. The molecule has 0 atom stereocenters. The van der Waals surface area contributed by atoms with Crippen LogP contribution in [0.2, 0.25) is 0 Å². The molecule has 0 heterocycles. The smallest absolute Gasteiger partial charge is 0.119 e. The molecule has 0 spiro atoms. The van der Waals surface area contributed by atoms with Crippen molar-refractivity contribution in [2.24, 2.45) is 0 Å². The van der Waals surface area contributed by atoms with E-state index in [0.717, 1.165) is 11.5 Å². The molecule has 0 radical (unpaired) electrons. The van der Waals surface area contributed by atoms with Gasteiger partial charge in [-0.15, -0.1) is 0 Å². The van der Waals surface area contributed by atoms with Crippen LogP contribution in [-0.2, 0) is 56.5 Å². The Labute approximate surface area is 340 Å². The van der Waals surface area contributed by atoms with Gasteiger partial charge in [0.05, 0.1) is 106 Å². The highest BCUT2D eigenvalue weighted by molar-refractivity contribution is 5.41. The quantitative estimate of drug-likeness (QED) is 0.0455. The lowest BCUT2D eigenvalue weighted by Crippen LogP contribution is -2.19. The van der Waals surface area contributed by atoms with Crippen LogP contribution in [0.15, 0.2) is 97.1 Å². The van der Waals surface area contributed by atoms with Gasteiger partial charge < -0.3 is 47.4 Å². The second-order valence-electron chi connectivity index (χ2n) is 14.1. The molecule has 0 fully saturated rings.